The number of sulfonamides is 1. The summed E-state index contributed by atoms with van der Waals surface area (Å²) in [5.41, 5.74) is 0.804. The van der Waals surface area contributed by atoms with Crippen molar-refractivity contribution in [3.05, 3.63) is 66.7 Å². The molecule has 0 fully saturated rings. The smallest absolute Gasteiger partial charge is 0.261 e. The number of rotatable bonds is 8. The van der Waals surface area contributed by atoms with Crippen molar-refractivity contribution in [3.8, 4) is 5.75 Å². The maximum atomic E-state index is 12.4. The molecule has 0 bridgehead atoms. The minimum atomic E-state index is -3.74. The number of amides is 1. The van der Waals surface area contributed by atoms with Crippen LogP contribution in [0.5, 0.6) is 5.75 Å². The van der Waals surface area contributed by atoms with E-state index in [1.807, 2.05) is 6.92 Å². The monoisotopic (exact) mass is 360 g/mol. The molecule has 2 N–H and O–H groups in total. The normalized spacial score (nSPS) is 10.8. The quantitative estimate of drug-likeness (QED) is 0.709. The number of anilines is 1. The number of benzene rings is 2. The zero-order chi connectivity index (χ0) is 18.3. The second-order valence-corrected chi connectivity index (χ2v) is 6.77. The molecule has 132 valence electrons. The highest BCUT2D eigenvalue weighted by Gasteiger charge is 2.15. The van der Waals surface area contributed by atoms with Gasteiger partial charge in [0.1, 0.15) is 5.75 Å². The first-order chi connectivity index (χ1) is 12.0. The van der Waals surface area contributed by atoms with Crippen molar-refractivity contribution in [2.45, 2.75) is 11.8 Å². The summed E-state index contributed by atoms with van der Waals surface area (Å²) < 4.78 is 32.6. The summed E-state index contributed by atoms with van der Waals surface area (Å²) >= 11 is 0. The lowest BCUT2D eigenvalue weighted by atomic mass is 10.2. The van der Waals surface area contributed by atoms with Crippen LogP contribution >= 0.6 is 0 Å². The molecule has 0 aliphatic heterocycles. The first-order valence-electron chi connectivity index (χ1n) is 7.71. The van der Waals surface area contributed by atoms with Crippen molar-refractivity contribution in [2.24, 2.45) is 0 Å². The van der Waals surface area contributed by atoms with E-state index in [0.29, 0.717) is 30.2 Å². The van der Waals surface area contributed by atoms with Crippen LogP contribution < -0.4 is 14.8 Å². The molecule has 2 aromatic rings. The highest BCUT2D eigenvalue weighted by Crippen LogP contribution is 2.20. The van der Waals surface area contributed by atoms with Gasteiger partial charge in [0.05, 0.1) is 11.5 Å². The van der Waals surface area contributed by atoms with Crippen LogP contribution in [0, 0.1) is 0 Å². The van der Waals surface area contributed by atoms with Crippen molar-refractivity contribution in [2.75, 3.05) is 17.9 Å². The average Bonchev–Trinajstić information content (AvgIpc) is 2.61. The van der Waals surface area contributed by atoms with Gasteiger partial charge < -0.3 is 10.1 Å². The summed E-state index contributed by atoms with van der Waals surface area (Å²) in [6.07, 6.45) is 1.57. The molecule has 0 aliphatic rings. The summed E-state index contributed by atoms with van der Waals surface area (Å²) in [6, 6.07) is 12.3. The fourth-order valence-electron chi connectivity index (χ4n) is 2.05. The zero-order valence-corrected chi connectivity index (χ0v) is 14.7. The van der Waals surface area contributed by atoms with Crippen molar-refractivity contribution in [3.63, 3.8) is 0 Å². The van der Waals surface area contributed by atoms with Gasteiger partial charge in [-0.1, -0.05) is 6.08 Å². The fraction of sp³-hybridized carbons (Fsp3) is 0.167. The fourth-order valence-corrected chi connectivity index (χ4v) is 3.11. The van der Waals surface area contributed by atoms with Crippen LogP contribution in [0.3, 0.4) is 0 Å². The second kappa shape index (κ2) is 8.34. The third-order valence-electron chi connectivity index (χ3n) is 3.25. The van der Waals surface area contributed by atoms with Crippen LogP contribution in [0.1, 0.15) is 17.3 Å². The van der Waals surface area contributed by atoms with Crippen molar-refractivity contribution in [1.29, 1.82) is 0 Å². The van der Waals surface area contributed by atoms with Gasteiger partial charge in [0.2, 0.25) is 0 Å². The second-order valence-electron chi connectivity index (χ2n) is 5.09. The number of hydrogen-bond acceptors (Lipinski definition) is 4. The summed E-state index contributed by atoms with van der Waals surface area (Å²) in [7, 11) is -3.74. The molecule has 0 spiro atoms. The highest BCUT2D eigenvalue weighted by atomic mass is 32.2. The van der Waals surface area contributed by atoms with Gasteiger partial charge in [-0.15, -0.1) is 6.58 Å². The maximum Gasteiger partial charge on any atom is 0.261 e. The van der Waals surface area contributed by atoms with Gasteiger partial charge in [0.15, 0.2) is 0 Å². The topological polar surface area (TPSA) is 84.5 Å². The Kier molecular flexibility index (Phi) is 6.19. The Morgan fingerprint density at radius 1 is 1.12 bits per heavy atom. The average molecular weight is 360 g/mol. The van der Waals surface area contributed by atoms with Gasteiger partial charge in [0, 0.05) is 17.8 Å². The van der Waals surface area contributed by atoms with E-state index in [9.17, 15) is 13.2 Å². The predicted molar refractivity (Wildman–Crippen MR) is 97.4 cm³/mol. The van der Waals surface area contributed by atoms with Crippen molar-refractivity contribution in [1.82, 2.24) is 5.32 Å². The molecule has 25 heavy (non-hydrogen) atoms. The highest BCUT2D eigenvalue weighted by molar-refractivity contribution is 7.92. The van der Waals surface area contributed by atoms with E-state index in [2.05, 4.69) is 16.6 Å². The lowest BCUT2D eigenvalue weighted by Gasteiger charge is -2.10. The summed E-state index contributed by atoms with van der Waals surface area (Å²) in [6.45, 7) is 6.28. The first-order valence-corrected chi connectivity index (χ1v) is 9.19. The molecule has 0 radical (unpaired) electrons. The Bertz CT molecular complexity index is 828. The molecule has 6 nitrogen and oxygen atoms in total. The summed E-state index contributed by atoms with van der Waals surface area (Å²) in [5, 5.41) is 2.63. The van der Waals surface area contributed by atoms with Gasteiger partial charge in [0.25, 0.3) is 15.9 Å². The third kappa shape index (κ3) is 5.09. The third-order valence-corrected chi connectivity index (χ3v) is 4.65. The molecule has 1 amide bonds. The largest absolute Gasteiger partial charge is 0.494 e. The van der Waals surface area contributed by atoms with Crippen LogP contribution in [0.2, 0.25) is 0 Å². The van der Waals surface area contributed by atoms with Crippen LogP contribution in [0.25, 0.3) is 0 Å². The molecule has 0 unspecified atom stereocenters. The number of hydrogen-bond donors (Lipinski definition) is 2. The van der Waals surface area contributed by atoms with E-state index < -0.39 is 10.0 Å². The minimum Gasteiger partial charge on any atom is -0.494 e. The van der Waals surface area contributed by atoms with Gasteiger partial charge >= 0.3 is 0 Å². The standard InChI is InChI=1S/C18H20N2O4S/c1-3-13-19-18(21)14-5-11-17(12-6-14)25(22,23)20-15-7-9-16(10-8-15)24-4-2/h3,5-12,20H,1,4,13H2,2H3,(H,19,21). The lowest BCUT2D eigenvalue weighted by Crippen LogP contribution is -2.23. The Balaban J connectivity index is 2.10. The summed E-state index contributed by atoms with van der Waals surface area (Å²) in [5.74, 6) is 0.378. The van der Waals surface area contributed by atoms with E-state index in [1.165, 1.54) is 24.3 Å². The van der Waals surface area contributed by atoms with Gasteiger partial charge in [-0.3, -0.25) is 9.52 Å². The van der Waals surface area contributed by atoms with Gasteiger partial charge in [-0.2, -0.15) is 0 Å². The van der Waals surface area contributed by atoms with Crippen LogP contribution in [0.15, 0.2) is 66.1 Å². The van der Waals surface area contributed by atoms with Crippen LogP contribution in [-0.4, -0.2) is 27.5 Å². The molecule has 0 saturated heterocycles. The molecule has 0 aliphatic carbocycles. The minimum absolute atomic E-state index is 0.0710. The lowest BCUT2D eigenvalue weighted by molar-refractivity contribution is 0.0958. The zero-order valence-electron chi connectivity index (χ0n) is 13.9. The number of ether oxygens (including phenoxy) is 1. The molecular weight excluding hydrogens is 340 g/mol. The van der Waals surface area contributed by atoms with Crippen molar-refractivity contribution >= 4 is 21.6 Å². The Morgan fingerprint density at radius 3 is 2.32 bits per heavy atom. The first kappa shape index (κ1) is 18.5. The van der Waals surface area contributed by atoms with Crippen LogP contribution in [-0.2, 0) is 10.0 Å². The number of carbonyl (C=O) groups excluding carboxylic acids is 1. The predicted octanol–water partition coefficient (Wildman–Crippen LogP) is 2.80. The SMILES string of the molecule is C=CCNC(=O)c1ccc(S(=O)(=O)Nc2ccc(OCC)cc2)cc1. The Morgan fingerprint density at radius 2 is 1.76 bits per heavy atom. The van der Waals surface area contributed by atoms with Crippen molar-refractivity contribution < 1.29 is 17.9 Å². The Labute approximate surface area is 147 Å². The van der Waals surface area contributed by atoms with E-state index in [0.717, 1.165) is 0 Å². The van der Waals surface area contributed by atoms with Gasteiger partial charge in [-0.25, -0.2) is 8.42 Å². The van der Waals surface area contributed by atoms with E-state index in [-0.39, 0.29) is 10.8 Å². The molecular formula is C18H20N2O4S. The molecule has 0 heterocycles. The molecule has 7 heteroatoms. The molecule has 2 aromatic carbocycles. The number of carbonyl (C=O) groups is 1. The van der Waals surface area contributed by atoms with Gasteiger partial charge in [-0.05, 0) is 55.5 Å². The molecule has 0 aromatic heterocycles. The van der Waals surface area contributed by atoms with E-state index in [4.69, 9.17) is 4.74 Å². The maximum absolute atomic E-state index is 12.4. The van der Waals surface area contributed by atoms with E-state index in [1.54, 1.807) is 30.3 Å². The van der Waals surface area contributed by atoms with E-state index >= 15 is 0 Å². The molecule has 2 rings (SSSR count). The summed E-state index contributed by atoms with van der Waals surface area (Å²) in [4.78, 5) is 11.9. The molecule has 0 saturated carbocycles. The Hall–Kier alpha value is -2.80. The molecule has 0 atom stereocenters. The number of nitrogens with one attached hydrogen (secondary N) is 2. The van der Waals surface area contributed by atoms with Crippen LogP contribution in [0.4, 0.5) is 5.69 Å².